The third kappa shape index (κ3) is 2.17. The molecule has 0 saturated heterocycles. The van der Waals surface area contributed by atoms with Crippen LogP contribution in [0.3, 0.4) is 0 Å². The highest BCUT2D eigenvalue weighted by Gasteiger charge is 2.30. The first-order valence-electron chi connectivity index (χ1n) is 3.98. The summed E-state index contributed by atoms with van der Waals surface area (Å²) in [7, 11) is 0. The number of nitrogens with zero attached hydrogens (tertiary/aromatic N) is 2. The zero-order valence-corrected chi connectivity index (χ0v) is 7.64. The Morgan fingerprint density at radius 2 is 2.14 bits per heavy atom. The number of hydrogen-bond acceptors (Lipinski definition) is 4. The minimum atomic E-state index is -1.23. The molecule has 6 nitrogen and oxygen atoms in total. The van der Waals surface area contributed by atoms with Crippen molar-refractivity contribution in [3.05, 3.63) is 24.3 Å². The zero-order valence-electron chi connectivity index (χ0n) is 7.64. The molecule has 76 valence electrons. The smallest absolute Gasteiger partial charge is 0.405 e. The van der Waals surface area contributed by atoms with E-state index in [-0.39, 0.29) is 5.82 Å². The fourth-order valence-electron chi connectivity index (χ4n) is 0.986. The molecule has 3 N–H and O–H groups in total. The third-order valence-corrected chi connectivity index (χ3v) is 1.76. The summed E-state index contributed by atoms with van der Waals surface area (Å²) in [5.74, 6) is 0.241. The summed E-state index contributed by atoms with van der Waals surface area (Å²) in [5.41, 5.74) is -1.16. The number of amides is 1. The summed E-state index contributed by atoms with van der Waals surface area (Å²) in [5, 5.41) is 19.8. The average Bonchev–Trinajstić information content (AvgIpc) is 2.18. The van der Waals surface area contributed by atoms with Gasteiger partial charge in [0, 0.05) is 12.4 Å². The molecular formula is C8H11N3O3. The third-order valence-electron chi connectivity index (χ3n) is 1.76. The molecule has 0 unspecified atom stereocenters. The Balaban J connectivity index is 2.95. The van der Waals surface area contributed by atoms with Crippen molar-refractivity contribution in [2.24, 2.45) is 0 Å². The monoisotopic (exact) mass is 197 g/mol. The average molecular weight is 197 g/mol. The summed E-state index contributed by atoms with van der Waals surface area (Å²) >= 11 is 0. The normalized spacial score (nSPS) is 14.4. The molecule has 0 fully saturated rings. The minimum absolute atomic E-state index is 0.241. The van der Waals surface area contributed by atoms with Crippen LogP contribution in [-0.4, -0.2) is 32.9 Å². The Labute approximate surface area is 80.6 Å². The van der Waals surface area contributed by atoms with E-state index in [0.29, 0.717) is 0 Å². The molecule has 0 radical (unpaired) electrons. The Morgan fingerprint density at radius 1 is 1.57 bits per heavy atom. The second kappa shape index (κ2) is 4.01. The number of aliphatic hydroxyl groups is 1. The molecular weight excluding hydrogens is 186 g/mol. The van der Waals surface area contributed by atoms with Crippen molar-refractivity contribution in [3.8, 4) is 0 Å². The highest BCUT2D eigenvalue weighted by molar-refractivity contribution is 5.65. The van der Waals surface area contributed by atoms with Crippen LogP contribution in [0.5, 0.6) is 0 Å². The molecule has 0 aliphatic rings. The topological polar surface area (TPSA) is 95.3 Å². The molecule has 1 rings (SSSR count). The lowest BCUT2D eigenvalue weighted by Gasteiger charge is -2.24. The van der Waals surface area contributed by atoms with Gasteiger partial charge in [0.25, 0.3) is 0 Å². The second-order valence-electron chi connectivity index (χ2n) is 2.99. The van der Waals surface area contributed by atoms with Crippen LogP contribution < -0.4 is 5.32 Å². The van der Waals surface area contributed by atoms with E-state index in [0.717, 1.165) is 0 Å². The fourth-order valence-corrected chi connectivity index (χ4v) is 0.986. The Morgan fingerprint density at radius 3 is 2.57 bits per heavy atom. The maximum Gasteiger partial charge on any atom is 0.405 e. The summed E-state index contributed by atoms with van der Waals surface area (Å²) in [6.45, 7) is 1.11. The number of hydrogen-bond donors (Lipinski definition) is 3. The molecule has 14 heavy (non-hydrogen) atoms. The molecule has 0 aliphatic heterocycles. The molecule has 0 spiro atoms. The van der Waals surface area contributed by atoms with Gasteiger partial charge in [-0.25, -0.2) is 14.8 Å². The van der Waals surface area contributed by atoms with E-state index >= 15 is 0 Å². The van der Waals surface area contributed by atoms with E-state index in [1.807, 2.05) is 0 Å². The van der Waals surface area contributed by atoms with Crippen LogP contribution in [0, 0.1) is 0 Å². The number of nitrogens with one attached hydrogen (secondary N) is 1. The van der Waals surface area contributed by atoms with E-state index in [1.165, 1.54) is 19.3 Å². The van der Waals surface area contributed by atoms with Gasteiger partial charge in [0.05, 0.1) is 6.61 Å². The van der Waals surface area contributed by atoms with Gasteiger partial charge in [0.1, 0.15) is 5.54 Å². The van der Waals surface area contributed by atoms with E-state index in [4.69, 9.17) is 10.2 Å². The van der Waals surface area contributed by atoms with E-state index in [2.05, 4.69) is 15.3 Å². The zero-order chi connectivity index (χ0) is 10.6. The second-order valence-corrected chi connectivity index (χ2v) is 2.99. The highest BCUT2D eigenvalue weighted by Crippen LogP contribution is 2.14. The Bertz CT molecular complexity index is 317. The lowest BCUT2D eigenvalue weighted by atomic mass is 10.0. The van der Waals surface area contributed by atoms with Gasteiger partial charge >= 0.3 is 6.09 Å². The van der Waals surface area contributed by atoms with Crippen LogP contribution >= 0.6 is 0 Å². The summed E-state index contributed by atoms with van der Waals surface area (Å²) in [6, 6.07) is 1.61. The fraction of sp³-hybridized carbons (Fsp3) is 0.375. The Hall–Kier alpha value is -1.69. The van der Waals surface area contributed by atoms with Crippen LogP contribution in [0.15, 0.2) is 18.5 Å². The SMILES string of the molecule is C[C@](CO)(NC(=O)O)c1ncccn1. The van der Waals surface area contributed by atoms with Crippen molar-refractivity contribution >= 4 is 6.09 Å². The van der Waals surface area contributed by atoms with Gasteiger partial charge in [0.15, 0.2) is 5.82 Å². The molecule has 0 saturated carbocycles. The molecule has 1 atom stereocenters. The maximum atomic E-state index is 10.5. The van der Waals surface area contributed by atoms with Crippen molar-refractivity contribution in [3.63, 3.8) is 0 Å². The number of aliphatic hydroxyl groups excluding tert-OH is 1. The summed E-state index contributed by atoms with van der Waals surface area (Å²) < 4.78 is 0. The quantitative estimate of drug-likeness (QED) is 0.631. The van der Waals surface area contributed by atoms with Gasteiger partial charge in [0.2, 0.25) is 0 Å². The molecule has 0 aromatic carbocycles. The largest absolute Gasteiger partial charge is 0.465 e. The first-order chi connectivity index (χ1) is 6.58. The van der Waals surface area contributed by atoms with Gasteiger partial charge < -0.3 is 15.5 Å². The van der Waals surface area contributed by atoms with Crippen LogP contribution in [0.4, 0.5) is 4.79 Å². The van der Waals surface area contributed by atoms with Gasteiger partial charge in [-0.2, -0.15) is 0 Å². The minimum Gasteiger partial charge on any atom is -0.465 e. The van der Waals surface area contributed by atoms with Crippen LogP contribution in [0.25, 0.3) is 0 Å². The molecule has 0 aliphatic carbocycles. The lowest BCUT2D eigenvalue weighted by molar-refractivity contribution is 0.141. The number of carboxylic acid groups (broad SMARTS) is 1. The lowest BCUT2D eigenvalue weighted by Crippen LogP contribution is -2.46. The van der Waals surface area contributed by atoms with E-state index in [1.54, 1.807) is 6.07 Å². The standard InChI is InChI=1S/C8H11N3O3/c1-8(5-12,11-7(13)14)6-9-3-2-4-10-6/h2-4,11-12H,5H2,1H3,(H,13,14)/t8-/m1/s1. The van der Waals surface area contributed by atoms with Gasteiger partial charge in [-0.05, 0) is 13.0 Å². The first kappa shape index (κ1) is 10.4. The van der Waals surface area contributed by atoms with Crippen molar-refractivity contribution in [2.75, 3.05) is 6.61 Å². The Kier molecular flexibility index (Phi) is 2.98. The van der Waals surface area contributed by atoms with Crippen molar-refractivity contribution in [2.45, 2.75) is 12.5 Å². The molecule has 1 heterocycles. The maximum absolute atomic E-state index is 10.5. The van der Waals surface area contributed by atoms with Crippen molar-refractivity contribution in [1.82, 2.24) is 15.3 Å². The molecule has 1 aromatic rings. The van der Waals surface area contributed by atoms with Crippen molar-refractivity contribution in [1.29, 1.82) is 0 Å². The molecule has 0 bridgehead atoms. The summed E-state index contributed by atoms with van der Waals surface area (Å²) in [4.78, 5) is 18.2. The van der Waals surface area contributed by atoms with E-state index in [9.17, 15) is 4.79 Å². The van der Waals surface area contributed by atoms with Gasteiger partial charge in [-0.15, -0.1) is 0 Å². The number of aromatic nitrogens is 2. The van der Waals surface area contributed by atoms with E-state index < -0.39 is 18.2 Å². The molecule has 6 heteroatoms. The predicted molar refractivity (Wildman–Crippen MR) is 47.6 cm³/mol. The molecule has 1 amide bonds. The number of carbonyl (C=O) groups is 1. The predicted octanol–water partition coefficient (Wildman–Crippen LogP) is -0.0483. The van der Waals surface area contributed by atoms with Gasteiger partial charge in [-0.3, -0.25) is 0 Å². The van der Waals surface area contributed by atoms with Crippen molar-refractivity contribution < 1.29 is 15.0 Å². The van der Waals surface area contributed by atoms with Gasteiger partial charge in [-0.1, -0.05) is 0 Å². The summed E-state index contributed by atoms with van der Waals surface area (Å²) in [6.07, 6.45) is 1.74. The molecule has 1 aromatic heterocycles. The first-order valence-corrected chi connectivity index (χ1v) is 3.98. The van der Waals surface area contributed by atoms with Crippen LogP contribution in [0.2, 0.25) is 0 Å². The van der Waals surface area contributed by atoms with Crippen LogP contribution in [0.1, 0.15) is 12.7 Å². The number of rotatable bonds is 3. The highest BCUT2D eigenvalue weighted by atomic mass is 16.4. The van der Waals surface area contributed by atoms with Crippen LogP contribution in [-0.2, 0) is 5.54 Å².